The van der Waals surface area contributed by atoms with E-state index >= 15 is 0 Å². The Labute approximate surface area is 105 Å². The summed E-state index contributed by atoms with van der Waals surface area (Å²) in [6.45, 7) is 0. The van der Waals surface area contributed by atoms with Gasteiger partial charge in [0, 0.05) is 18.8 Å². The van der Waals surface area contributed by atoms with Crippen LogP contribution in [0.3, 0.4) is 0 Å². The number of Topliss-reactive ketones (excluding diaryl/α,β-unsaturated/α-hetero) is 1. The minimum absolute atomic E-state index is 0.0806. The zero-order valence-corrected chi connectivity index (χ0v) is 10.3. The molecule has 0 heterocycles. The molecule has 2 rings (SSSR count). The van der Waals surface area contributed by atoms with E-state index in [0.29, 0.717) is 11.3 Å². The van der Waals surface area contributed by atoms with E-state index in [1.165, 1.54) is 7.11 Å². The van der Waals surface area contributed by atoms with E-state index in [4.69, 9.17) is 4.74 Å². The van der Waals surface area contributed by atoms with Gasteiger partial charge in [-0.05, 0) is 25.0 Å². The highest BCUT2D eigenvalue weighted by Crippen LogP contribution is 2.38. The SMILES string of the molecule is COc1ccccc1C(=O)C1CCC(F)(F)CC1. The topological polar surface area (TPSA) is 26.3 Å². The van der Waals surface area contributed by atoms with Crippen molar-refractivity contribution in [3.63, 3.8) is 0 Å². The second-order valence-electron chi connectivity index (χ2n) is 4.69. The first-order chi connectivity index (χ1) is 8.53. The number of alkyl halides is 2. The molecule has 0 N–H and O–H groups in total. The fourth-order valence-corrected chi connectivity index (χ4v) is 2.37. The van der Waals surface area contributed by atoms with Crippen LogP contribution in [-0.2, 0) is 0 Å². The molecule has 2 nitrogen and oxygen atoms in total. The molecule has 0 amide bonds. The third-order valence-electron chi connectivity index (χ3n) is 3.46. The Morgan fingerprint density at radius 2 is 1.89 bits per heavy atom. The molecule has 0 saturated heterocycles. The van der Waals surface area contributed by atoms with Crippen LogP contribution < -0.4 is 4.74 Å². The average Bonchev–Trinajstić information content (AvgIpc) is 2.38. The molecule has 4 heteroatoms. The monoisotopic (exact) mass is 254 g/mol. The molecule has 1 aliphatic rings. The van der Waals surface area contributed by atoms with Crippen molar-refractivity contribution < 1.29 is 18.3 Å². The molecule has 0 unspecified atom stereocenters. The second-order valence-corrected chi connectivity index (χ2v) is 4.69. The lowest BCUT2D eigenvalue weighted by Crippen LogP contribution is -2.28. The maximum absolute atomic E-state index is 13.1. The van der Waals surface area contributed by atoms with Crippen LogP contribution in [0.25, 0.3) is 0 Å². The standard InChI is InChI=1S/C14H16F2O2/c1-18-12-5-3-2-4-11(12)13(17)10-6-8-14(15,16)9-7-10/h2-5,10H,6-9H2,1H3. The molecule has 0 radical (unpaired) electrons. The van der Waals surface area contributed by atoms with Gasteiger partial charge in [0.05, 0.1) is 12.7 Å². The normalized spacial score (nSPS) is 19.5. The summed E-state index contributed by atoms with van der Waals surface area (Å²) in [4.78, 5) is 12.3. The van der Waals surface area contributed by atoms with Crippen molar-refractivity contribution in [2.24, 2.45) is 5.92 Å². The molecule has 0 bridgehead atoms. The third kappa shape index (κ3) is 2.68. The van der Waals surface area contributed by atoms with E-state index in [0.717, 1.165) is 0 Å². The summed E-state index contributed by atoms with van der Waals surface area (Å²) in [7, 11) is 1.50. The first-order valence-corrected chi connectivity index (χ1v) is 6.08. The van der Waals surface area contributed by atoms with Gasteiger partial charge >= 0.3 is 0 Å². The molecule has 1 fully saturated rings. The lowest BCUT2D eigenvalue weighted by Gasteiger charge is -2.27. The predicted molar refractivity (Wildman–Crippen MR) is 64.2 cm³/mol. The molecule has 1 saturated carbocycles. The minimum Gasteiger partial charge on any atom is -0.496 e. The van der Waals surface area contributed by atoms with Gasteiger partial charge in [-0.3, -0.25) is 4.79 Å². The van der Waals surface area contributed by atoms with Gasteiger partial charge in [0.1, 0.15) is 5.75 Å². The number of carbonyl (C=O) groups is 1. The van der Waals surface area contributed by atoms with E-state index in [1.807, 2.05) is 0 Å². The summed E-state index contributed by atoms with van der Waals surface area (Å²) in [5.41, 5.74) is 0.496. The molecule has 0 spiro atoms. The lowest BCUT2D eigenvalue weighted by molar-refractivity contribution is -0.0424. The van der Waals surface area contributed by atoms with Crippen LogP contribution in [-0.4, -0.2) is 18.8 Å². The molecule has 1 aromatic rings. The van der Waals surface area contributed by atoms with Gasteiger partial charge in [-0.15, -0.1) is 0 Å². The Kier molecular flexibility index (Phi) is 3.64. The highest BCUT2D eigenvalue weighted by atomic mass is 19.3. The summed E-state index contributed by atoms with van der Waals surface area (Å²) in [6, 6.07) is 6.94. The molecule has 18 heavy (non-hydrogen) atoms. The first-order valence-electron chi connectivity index (χ1n) is 6.08. The number of carbonyl (C=O) groups excluding carboxylic acids is 1. The van der Waals surface area contributed by atoms with Crippen molar-refractivity contribution >= 4 is 5.78 Å². The van der Waals surface area contributed by atoms with E-state index in [2.05, 4.69) is 0 Å². The Morgan fingerprint density at radius 3 is 2.50 bits per heavy atom. The fourth-order valence-electron chi connectivity index (χ4n) is 2.37. The first kappa shape index (κ1) is 13.0. The van der Waals surface area contributed by atoms with Crippen LogP contribution in [0.4, 0.5) is 8.78 Å². The lowest BCUT2D eigenvalue weighted by atomic mass is 9.82. The van der Waals surface area contributed by atoms with Crippen LogP contribution in [0, 0.1) is 5.92 Å². The van der Waals surface area contributed by atoms with Crippen molar-refractivity contribution in [2.75, 3.05) is 7.11 Å². The van der Waals surface area contributed by atoms with Crippen LogP contribution in [0.5, 0.6) is 5.75 Å². The average molecular weight is 254 g/mol. The molecular weight excluding hydrogens is 238 g/mol. The molecule has 98 valence electrons. The van der Waals surface area contributed by atoms with Gasteiger partial charge in [-0.2, -0.15) is 0 Å². The van der Waals surface area contributed by atoms with E-state index in [-0.39, 0.29) is 37.4 Å². The zero-order chi connectivity index (χ0) is 13.2. The Bertz CT molecular complexity index is 433. The van der Waals surface area contributed by atoms with Gasteiger partial charge in [-0.25, -0.2) is 8.78 Å². The zero-order valence-electron chi connectivity index (χ0n) is 10.3. The van der Waals surface area contributed by atoms with Gasteiger partial charge in [0.2, 0.25) is 5.92 Å². The number of ketones is 1. The Balaban J connectivity index is 2.13. The highest BCUT2D eigenvalue weighted by molar-refractivity contribution is 6.00. The van der Waals surface area contributed by atoms with Crippen LogP contribution in [0.2, 0.25) is 0 Å². The number of halogens is 2. The molecule has 0 atom stereocenters. The number of methoxy groups -OCH3 is 1. The number of hydrogen-bond donors (Lipinski definition) is 0. The largest absolute Gasteiger partial charge is 0.496 e. The van der Waals surface area contributed by atoms with Gasteiger partial charge in [-0.1, -0.05) is 12.1 Å². The number of rotatable bonds is 3. The molecule has 0 aliphatic heterocycles. The van der Waals surface area contributed by atoms with Gasteiger partial charge < -0.3 is 4.74 Å². The fraction of sp³-hybridized carbons (Fsp3) is 0.500. The summed E-state index contributed by atoms with van der Waals surface area (Å²) in [6.07, 6.45) is 0.116. The van der Waals surface area contributed by atoms with E-state index < -0.39 is 5.92 Å². The molecule has 1 aliphatic carbocycles. The predicted octanol–water partition coefficient (Wildman–Crippen LogP) is 3.70. The molecule has 0 aromatic heterocycles. The van der Waals surface area contributed by atoms with Gasteiger partial charge in [0.15, 0.2) is 5.78 Å². The molecular formula is C14H16F2O2. The smallest absolute Gasteiger partial charge is 0.248 e. The third-order valence-corrected chi connectivity index (χ3v) is 3.46. The maximum atomic E-state index is 13.1. The van der Waals surface area contributed by atoms with Crippen LogP contribution >= 0.6 is 0 Å². The van der Waals surface area contributed by atoms with Crippen molar-refractivity contribution in [3.05, 3.63) is 29.8 Å². The molecule has 1 aromatic carbocycles. The number of para-hydroxylation sites is 1. The van der Waals surface area contributed by atoms with Crippen molar-refractivity contribution in [2.45, 2.75) is 31.6 Å². The highest BCUT2D eigenvalue weighted by Gasteiger charge is 2.37. The van der Waals surface area contributed by atoms with Crippen molar-refractivity contribution in [3.8, 4) is 5.75 Å². The Hall–Kier alpha value is -1.45. The number of ether oxygens (including phenoxy) is 1. The summed E-state index contributed by atoms with van der Waals surface area (Å²) in [5.74, 6) is -2.47. The minimum atomic E-state index is -2.60. The second kappa shape index (κ2) is 5.04. The summed E-state index contributed by atoms with van der Waals surface area (Å²) < 4.78 is 31.2. The van der Waals surface area contributed by atoms with Crippen LogP contribution in [0.15, 0.2) is 24.3 Å². The summed E-state index contributed by atoms with van der Waals surface area (Å²) in [5, 5.41) is 0. The number of benzene rings is 1. The Morgan fingerprint density at radius 1 is 1.28 bits per heavy atom. The quantitative estimate of drug-likeness (QED) is 0.769. The van der Waals surface area contributed by atoms with Crippen molar-refractivity contribution in [1.29, 1.82) is 0 Å². The van der Waals surface area contributed by atoms with E-state index in [9.17, 15) is 13.6 Å². The van der Waals surface area contributed by atoms with Crippen LogP contribution in [0.1, 0.15) is 36.0 Å². The number of hydrogen-bond acceptors (Lipinski definition) is 2. The summed E-state index contributed by atoms with van der Waals surface area (Å²) >= 11 is 0. The van der Waals surface area contributed by atoms with Crippen molar-refractivity contribution in [1.82, 2.24) is 0 Å². The maximum Gasteiger partial charge on any atom is 0.248 e. The van der Waals surface area contributed by atoms with E-state index in [1.54, 1.807) is 24.3 Å². The van der Waals surface area contributed by atoms with Gasteiger partial charge in [0.25, 0.3) is 0 Å².